The number of aryl methyl sites for hydroxylation is 2. The molecule has 1 aliphatic heterocycles. The van der Waals surface area contributed by atoms with Crippen molar-refractivity contribution in [3.63, 3.8) is 0 Å². The minimum absolute atomic E-state index is 0.145. The van der Waals surface area contributed by atoms with Gasteiger partial charge in [0.05, 0.1) is 21.7 Å². The van der Waals surface area contributed by atoms with E-state index in [1.54, 1.807) is 44.2 Å². The molecule has 0 saturated heterocycles. The third-order valence-electron chi connectivity index (χ3n) is 5.33. The summed E-state index contributed by atoms with van der Waals surface area (Å²) in [5, 5.41) is 0.338. The maximum absolute atomic E-state index is 13.6. The van der Waals surface area contributed by atoms with Gasteiger partial charge in [0.2, 0.25) is 0 Å². The van der Waals surface area contributed by atoms with Crippen LogP contribution in [0.3, 0.4) is 0 Å². The molecule has 168 valence electrons. The summed E-state index contributed by atoms with van der Waals surface area (Å²) in [6.45, 7) is 2.71. The average Bonchev–Trinajstić information content (AvgIpc) is 3.01. The van der Waals surface area contributed by atoms with Crippen LogP contribution in [0.5, 0.6) is 0 Å². The van der Waals surface area contributed by atoms with Crippen LogP contribution < -0.4 is 4.31 Å². The van der Waals surface area contributed by atoms with Crippen LogP contribution in [0.1, 0.15) is 31.8 Å². The van der Waals surface area contributed by atoms with Gasteiger partial charge in [-0.2, -0.15) is 0 Å². The highest BCUT2D eigenvalue weighted by Crippen LogP contribution is 2.30. The van der Waals surface area contributed by atoms with E-state index in [1.807, 2.05) is 0 Å². The van der Waals surface area contributed by atoms with Gasteiger partial charge in [-0.05, 0) is 67.4 Å². The van der Waals surface area contributed by atoms with E-state index in [1.165, 1.54) is 36.4 Å². The lowest BCUT2D eigenvalue weighted by atomic mass is 10.1. The monoisotopic (exact) mass is 482 g/mol. The zero-order valence-corrected chi connectivity index (χ0v) is 19.4. The molecule has 0 unspecified atom stereocenters. The Morgan fingerprint density at radius 2 is 1.48 bits per heavy atom. The van der Waals surface area contributed by atoms with Crippen molar-refractivity contribution in [1.29, 1.82) is 0 Å². The first-order chi connectivity index (χ1) is 15.6. The Labute approximate surface area is 196 Å². The minimum atomic E-state index is -4.38. The Bertz CT molecular complexity index is 1370. The lowest BCUT2D eigenvalue weighted by Crippen LogP contribution is -2.45. The Morgan fingerprint density at radius 1 is 0.909 bits per heavy atom. The third kappa shape index (κ3) is 4.03. The fourth-order valence-electron chi connectivity index (χ4n) is 3.63. The van der Waals surface area contributed by atoms with Gasteiger partial charge >= 0.3 is 0 Å². The molecule has 0 N–H and O–H groups in total. The summed E-state index contributed by atoms with van der Waals surface area (Å²) in [4.78, 5) is 39.6. The van der Waals surface area contributed by atoms with Gasteiger partial charge in [0.15, 0.2) is 0 Å². The molecule has 0 saturated carbocycles. The fourth-order valence-corrected chi connectivity index (χ4v) is 5.23. The quantitative estimate of drug-likeness (QED) is 0.513. The maximum Gasteiger partial charge on any atom is 0.270 e. The van der Waals surface area contributed by atoms with Crippen LogP contribution in [0, 0.1) is 13.8 Å². The van der Waals surface area contributed by atoms with Crippen LogP contribution in [-0.2, 0) is 14.8 Å². The molecule has 9 heteroatoms. The van der Waals surface area contributed by atoms with Gasteiger partial charge < -0.3 is 0 Å². The number of carbonyl (C=O) groups excluding carboxylic acids is 3. The predicted octanol–water partition coefficient (Wildman–Crippen LogP) is 3.97. The summed E-state index contributed by atoms with van der Waals surface area (Å²) < 4.78 is 27.8. The number of hydrogen-bond acceptors (Lipinski definition) is 5. The number of halogens is 1. The van der Waals surface area contributed by atoms with Crippen LogP contribution in [0.4, 0.5) is 5.69 Å². The molecular formula is C24H19ClN2O5S. The first-order valence-electron chi connectivity index (χ1n) is 9.97. The SMILES string of the molecule is Cc1ccc(C)c(N(C(=O)CN2C(=O)c3ccccc3C2=O)S(=O)(=O)c2ccc(Cl)cc2)c1. The second kappa shape index (κ2) is 8.46. The second-order valence-corrected chi connectivity index (χ2v) is 9.87. The van der Waals surface area contributed by atoms with Crippen molar-refractivity contribution in [2.75, 3.05) is 10.8 Å². The summed E-state index contributed by atoms with van der Waals surface area (Å²) in [6.07, 6.45) is 0. The van der Waals surface area contributed by atoms with E-state index >= 15 is 0 Å². The Balaban J connectivity index is 1.78. The van der Waals surface area contributed by atoms with Gasteiger partial charge in [0.1, 0.15) is 6.54 Å². The van der Waals surface area contributed by atoms with E-state index in [0.29, 0.717) is 14.9 Å². The summed E-state index contributed by atoms with van der Waals surface area (Å²) in [6, 6.07) is 16.7. The van der Waals surface area contributed by atoms with Crippen molar-refractivity contribution in [1.82, 2.24) is 4.90 Å². The van der Waals surface area contributed by atoms with Gasteiger partial charge in [-0.25, -0.2) is 12.7 Å². The molecule has 0 radical (unpaired) electrons. The number of sulfonamides is 1. The number of rotatable bonds is 5. The number of carbonyl (C=O) groups is 3. The highest BCUT2D eigenvalue weighted by Gasteiger charge is 2.40. The van der Waals surface area contributed by atoms with Crippen LogP contribution in [-0.4, -0.2) is 37.6 Å². The van der Waals surface area contributed by atoms with Crippen molar-refractivity contribution in [2.45, 2.75) is 18.7 Å². The molecule has 1 heterocycles. The van der Waals surface area contributed by atoms with Crippen LogP contribution in [0.15, 0.2) is 71.6 Å². The Kier molecular flexibility index (Phi) is 5.82. The van der Waals surface area contributed by atoms with Gasteiger partial charge in [0.25, 0.3) is 27.7 Å². The van der Waals surface area contributed by atoms with Crippen molar-refractivity contribution >= 4 is 45.0 Å². The number of imide groups is 1. The third-order valence-corrected chi connectivity index (χ3v) is 7.33. The molecule has 4 rings (SSSR count). The Morgan fingerprint density at radius 3 is 2.06 bits per heavy atom. The van der Waals surface area contributed by atoms with E-state index in [9.17, 15) is 22.8 Å². The topological polar surface area (TPSA) is 91.8 Å². The molecule has 33 heavy (non-hydrogen) atoms. The molecule has 7 nitrogen and oxygen atoms in total. The van der Waals surface area contributed by atoms with Crippen LogP contribution in [0.25, 0.3) is 0 Å². The molecule has 0 atom stereocenters. The van der Waals surface area contributed by atoms with E-state index in [-0.39, 0.29) is 21.7 Å². The smallest absolute Gasteiger partial charge is 0.270 e. The average molecular weight is 483 g/mol. The normalized spacial score (nSPS) is 13.2. The molecule has 3 aromatic carbocycles. The van der Waals surface area contributed by atoms with Crippen LogP contribution in [0.2, 0.25) is 5.02 Å². The molecule has 0 aliphatic carbocycles. The van der Waals surface area contributed by atoms with E-state index in [2.05, 4.69) is 0 Å². The highest BCUT2D eigenvalue weighted by atomic mass is 35.5. The lowest BCUT2D eigenvalue weighted by Gasteiger charge is -2.26. The summed E-state index contributed by atoms with van der Waals surface area (Å²) in [5.41, 5.74) is 1.77. The maximum atomic E-state index is 13.6. The Hall–Kier alpha value is -3.49. The molecule has 3 amide bonds. The number of benzene rings is 3. The summed E-state index contributed by atoms with van der Waals surface area (Å²) in [5.74, 6) is -2.23. The summed E-state index contributed by atoms with van der Waals surface area (Å²) in [7, 11) is -4.38. The molecule has 1 aliphatic rings. The number of nitrogens with zero attached hydrogens (tertiary/aromatic N) is 2. The molecule has 0 spiro atoms. The van der Waals surface area contributed by atoms with Crippen LogP contribution >= 0.6 is 11.6 Å². The second-order valence-electron chi connectivity index (χ2n) is 7.65. The first-order valence-corrected chi connectivity index (χ1v) is 11.8. The first kappa shape index (κ1) is 22.7. The van der Waals surface area contributed by atoms with Crippen molar-refractivity contribution in [2.24, 2.45) is 0 Å². The zero-order chi connectivity index (χ0) is 23.9. The minimum Gasteiger partial charge on any atom is -0.271 e. The summed E-state index contributed by atoms with van der Waals surface area (Å²) >= 11 is 5.90. The lowest BCUT2D eigenvalue weighted by molar-refractivity contribution is -0.117. The number of hydrogen-bond donors (Lipinski definition) is 0. The standard InChI is InChI=1S/C24H19ClN2O5S/c1-15-7-8-16(2)21(13-15)27(33(31,32)18-11-9-17(25)10-12-18)22(28)14-26-23(29)19-5-3-4-6-20(19)24(26)30/h3-13H,14H2,1-2H3. The molecule has 0 bridgehead atoms. The van der Waals surface area contributed by atoms with Gasteiger partial charge in [-0.3, -0.25) is 19.3 Å². The van der Waals surface area contributed by atoms with Gasteiger partial charge in [0, 0.05) is 5.02 Å². The van der Waals surface area contributed by atoms with Crippen molar-refractivity contribution in [3.05, 3.63) is 94.0 Å². The van der Waals surface area contributed by atoms with Gasteiger partial charge in [-0.1, -0.05) is 35.9 Å². The van der Waals surface area contributed by atoms with Crippen molar-refractivity contribution < 1.29 is 22.8 Å². The van der Waals surface area contributed by atoms with Gasteiger partial charge in [-0.15, -0.1) is 0 Å². The largest absolute Gasteiger partial charge is 0.271 e. The van der Waals surface area contributed by atoms with E-state index in [4.69, 9.17) is 11.6 Å². The predicted molar refractivity (Wildman–Crippen MR) is 124 cm³/mol. The zero-order valence-electron chi connectivity index (χ0n) is 17.8. The molecule has 3 aromatic rings. The number of fused-ring (bicyclic) bond motifs is 1. The van der Waals surface area contributed by atoms with E-state index in [0.717, 1.165) is 10.5 Å². The molecule has 0 aromatic heterocycles. The highest BCUT2D eigenvalue weighted by molar-refractivity contribution is 7.93. The number of amides is 3. The van der Waals surface area contributed by atoms with E-state index < -0.39 is 34.3 Å². The van der Waals surface area contributed by atoms with Crippen molar-refractivity contribution in [3.8, 4) is 0 Å². The molecule has 0 fully saturated rings. The molecular weight excluding hydrogens is 464 g/mol. The fraction of sp³-hybridized carbons (Fsp3) is 0.125. The number of anilines is 1.